The summed E-state index contributed by atoms with van der Waals surface area (Å²) in [6, 6.07) is 30.3. The van der Waals surface area contributed by atoms with Gasteiger partial charge in [-0.05, 0) is 53.9 Å². The van der Waals surface area contributed by atoms with E-state index in [2.05, 4.69) is 20.2 Å². The lowest BCUT2D eigenvalue weighted by Crippen LogP contribution is -2.32. The fraction of sp³-hybridized carbons (Fsp3) is 0.250. The van der Waals surface area contributed by atoms with Crippen molar-refractivity contribution in [1.82, 2.24) is 9.55 Å². The van der Waals surface area contributed by atoms with Crippen LogP contribution in [0.15, 0.2) is 103 Å². The Balaban J connectivity index is 1.08. The first-order valence-electron chi connectivity index (χ1n) is 15.4. The molecule has 1 aliphatic heterocycles. The highest BCUT2D eigenvalue weighted by Gasteiger charge is 2.32. The number of amides is 2. The van der Waals surface area contributed by atoms with Gasteiger partial charge in [0.15, 0.2) is 6.29 Å². The molecule has 10 nitrogen and oxygen atoms in total. The molecule has 1 aliphatic rings. The van der Waals surface area contributed by atoms with Crippen molar-refractivity contribution in [1.29, 1.82) is 0 Å². The third kappa shape index (κ3) is 7.60. The maximum Gasteiger partial charge on any atom is 0.224 e. The number of aromatic nitrogens is 2. The number of nitrogen functional groups attached to an aromatic ring is 1. The molecule has 6 rings (SSSR count). The van der Waals surface area contributed by atoms with Crippen LogP contribution in [0, 0.1) is 0 Å². The van der Waals surface area contributed by atoms with Gasteiger partial charge >= 0.3 is 0 Å². The normalized spacial score (nSPS) is 17.9. The molecule has 1 fully saturated rings. The topological polar surface area (TPSA) is 141 Å². The summed E-state index contributed by atoms with van der Waals surface area (Å²) in [5.41, 5.74) is 12.2. The number of rotatable bonds is 11. The third-order valence-electron chi connectivity index (χ3n) is 8.05. The summed E-state index contributed by atoms with van der Waals surface area (Å²) in [7, 11) is 0. The number of fused-ring (bicyclic) bond motifs is 1. The van der Waals surface area contributed by atoms with E-state index in [4.69, 9.17) is 15.2 Å². The molecular formula is C36H37N5O5. The van der Waals surface area contributed by atoms with E-state index in [9.17, 15) is 14.7 Å². The van der Waals surface area contributed by atoms with Crippen LogP contribution in [0.3, 0.4) is 0 Å². The van der Waals surface area contributed by atoms with Gasteiger partial charge in [0.05, 0.1) is 54.1 Å². The fourth-order valence-corrected chi connectivity index (χ4v) is 5.59. The fourth-order valence-electron chi connectivity index (χ4n) is 5.59. The van der Waals surface area contributed by atoms with Crippen molar-refractivity contribution < 1.29 is 24.2 Å². The maximum atomic E-state index is 12.6. The zero-order chi connectivity index (χ0) is 31.9. The molecule has 46 heavy (non-hydrogen) atoms. The number of anilines is 3. The van der Waals surface area contributed by atoms with Crippen molar-refractivity contribution in [3.63, 3.8) is 0 Å². The molecule has 0 spiro atoms. The van der Waals surface area contributed by atoms with Crippen molar-refractivity contribution in [3.8, 4) is 0 Å². The molecule has 5 N–H and O–H groups in total. The molecule has 0 saturated carbocycles. The second-order valence-electron chi connectivity index (χ2n) is 11.4. The van der Waals surface area contributed by atoms with E-state index < -0.39 is 6.29 Å². The third-order valence-corrected chi connectivity index (χ3v) is 8.05. The summed E-state index contributed by atoms with van der Waals surface area (Å²) in [5, 5.41) is 15.2. The molecule has 0 bridgehead atoms. The van der Waals surface area contributed by atoms with Crippen LogP contribution in [0.1, 0.15) is 54.8 Å². The first-order valence-corrected chi connectivity index (χ1v) is 15.4. The van der Waals surface area contributed by atoms with Gasteiger partial charge in [-0.25, -0.2) is 4.98 Å². The summed E-state index contributed by atoms with van der Waals surface area (Å²) < 4.78 is 15.1. The Kier molecular flexibility index (Phi) is 9.68. The van der Waals surface area contributed by atoms with Gasteiger partial charge in [-0.2, -0.15) is 0 Å². The van der Waals surface area contributed by atoms with Gasteiger partial charge in [-0.3, -0.25) is 9.59 Å². The monoisotopic (exact) mass is 619 g/mol. The van der Waals surface area contributed by atoms with Crippen LogP contribution in [-0.2, 0) is 32.2 Å². The zero-order valence-electron chi connectivity index (χ0n) is 25.3. The lowest BCUT2D eigenvalue weighted by molar-refractivity contribution is -0.252. The van der Waals surface area contributed by atoms with Gasteiger partial charge < -0.3 is 35.5 Å². The molecule has 3 atom stereocenters. The van der Waals surface area contributed by atoms with Crippen LogP contribution in [0.2, 0.25) is 0 Å². The van der Waals surface area contributed by atoms with Gasteiger partial charge in [-0.15, -0.1) is 0 Å². The molecule has 5 aromatic rings. The summed E-state index contributed by atoms with van der Waals surface area (Å²) in [6.45, 7) is 0.590. The van der Waals surface area contributed by atoms with E-state index in [0.29, 0.717) is 36.4 Å². The minimum atomic E-state index is -0.627. The minimum Gasteiger partial charge on any atom is -0.397 e. The van der Waals surface area contributed by atoms with E-state index in [1.165, 1.54) is 0 Å². The highest BCUT2D eigenvalue weighted by molar-refractivity contribution is 5.94. The quantitative estimate of drug-likeness (QED) is 0.131. The van der Waals surface area contributed by atoms with Gasteiger partial charge in [0.1, 0.15) is 0 Å². The van der Waals surface area contributed by atoms with Crippen LogP contribution in [0.5, 0.6) is 0 Å². The average Bonchev–Trinajstić information content (AvgIpc) is 3.48. The Morgan fingerprint density at radius 3 is 2.30 bits per heavy atom. The lowest BCUT2D eigenvalue weighted by atomic mass is 10.00. The Morgan fingerprint density at radius 2 is 1.54 bits per heavy atom. The number of hydrogen-bond acceptors (Lipinski definition) is 7. The number of aliphatic hydroxyl groups excluding tert-OH is 1. The predicted molar refractivity (Wildman–Crippen MR) is 177 cm³/mol. The van der Waals surface area contributed by atoms with Gasteiger partial charge in [-0.1, -0.05) is 60.7 Å². The molecule has 1 aromatic heterocycles. The first-order chi connectivity index (χ1) is 22.4. The van der Waals surface area contributed by atoms with Gasteiger partial charge in [0.2, 0.25) is 11.8 Å². The summed E-state index contributed by atoms with van der Waals surface area (Å²) in [4.78, 5) is 29.4. The summed E-state index contributed by atoms with van der Waals surface area (Å²) >= 11 is 0. The number of ether oxygens (including phenoxy) is 2. The number of hydrogen-bond donors (Lipinski definition) is 4. The lowest BCUT2D eigenvalue weighted by Gasteiger charge is -2.36. The van der Waals surface area contributed by atoms with Crippen LogP contribution in [-0.4, -0.2) is 32.6 Å². The number of benzene rings is 4. The Morgan fingerprint density at radius 1 is 0.848 bits per heavy atom. The maximum absolute atomic E-state index is 12.6. The molecule has 236 valence electrons. The van der Waals surface area contributed by atoms with Gasteiger partial charge in [0, 0.05) is 30.5 Å². The molecule has 2 amide bonds. The highest BCUT2D eigenvalue weighted by atomic mass is 16.7. The number of nitrogens with zero attached hydrogens (tertiary/aromatic N) is 2. The van der Waals surface area contributed by atoms with Crippen molar-refractivity contribution >= 4 is 39.9 Å². The van der Waals surface area contributed by atoms with Gasteiger partial charge in [0.25, 0.3) is 0 Å². The van der Waals surface area contributed by atoms with Crippen LogP contribution in [0.25, 0.3) is 11.0 Å². The van der Waals surface area contributed by atoms with Crippen molar-refractivity contribution in [2.24, 2.45) is 0 Å². The molecular weight excluding hydrogens is 582 g/mol. The number of imidazole rings is 1. The Hall–Kier alpha value is -5.03. The average molecular weight is 620 g/mol. The number of para-hydroxylation sites is 4. The zero-order valence-corrected chi connectivity index (χ0v) is 25.3. The molecule has 10 heteroatoms. The van der Waals surface area contributed by atoms with E-state index in [-0.39, 0.29) is 43.5 Å². The SMILES string of the molecule is Nc1ccccc1NC(=O)CCCC(=O)Nc1ccc([C@@H]2O[C@H](Cn3cnc4ccccc43)C[C@H](c3ccc(CO)cc3)O2)cc1. The molecule has 4 aromatic carbocycles. The Bertz CT molecular complexity index is 1790. The second kappa shape index (κ2) is 14.4. The minimum absolute atomic E-state index is 0.0180. The second-order valence-corrected chi connectivity index (χ2v) is 11.4. The van der Waals surface area contributed by atoms with E-state index in [1.807, 2.05) is 79.1 Å². The summed E-state index contributed by atoms with van der Waals surface area (Å²) in [6.07, 6.45) is 2.29. The highest BCUT2D eigenvalue weighted by Crippen LogP contribution is 2.39. The largest absolute Gasteiger partial charge is 0.397 e. The number of nitrogens with two attached hydrogens (primary N) is 1. The van der Waals surface area contributed by atoms with E-state index >= 15 is 0 Å². The standard InChI is InChI=1S/C36H37N5O5/c37-29-6-1-2-7-30(29)40-35(44)11-5-10-34(43)39-27-18-16-26(17-19-27)36-45-28(21-41-23-38-31-8-3-4-9-32(31)41)20-33(46-36)25-14-12-24(22-42)13-15-25/h1-4,6-9,12-19,23,28,33,36,42H,5,10-11,20-22,37H2,(H,39,43)(H,40,44)/t28-,33+,36+/m0/s1. The smallest absolute Gasteiger partial charge is 0.224 e. The number of nitrogens with one attached hydrogen (secondary N) is 2. The molecule has 0 unspecified atom stereocenters. The Labute approximate surface area is 267 Å². The van der Waals surface area contributed by atoms with E-state index in [1.54, 1.807) is 24.3 Å². The van der Waals surface area contributed by atoms with Crippen LogP contribution in [0.4, 0.5) is 17.1 Å². The van der Waals surface area contributed by atoms with Crippen molar-refractivity contribution in [3.05, 3.63) is 120 Å². The number of carbonyl (C=O) groups is 2. The number of carbonyl (C=O) groups excluding carboxylic acids is 2. The summed E-state index contributed by atoms with van der Waals surface area (Å²) in [5.74, 6) is -0.367. The molecule has 0 radical (unpaired) electrons. The van der Waals surface area contributed by atoms with Crippen molar-refractivity contribution in [2.45, 2.75) is 57.3 Å². The molecule has 2 heterocycles. The van der Waals surface area contributed by atoms with Crippen LogP contribution < -0.4 is 16.4 Å². The number of aliphatic hydroxyl groups is 1. The van der Waals surface area contributed by atoms with Crippen molar-refractivity contribution in [2.75, 3.05) is 16.4 Å². The van der Waals surface area contributed by atoms with Crippen LogP contribution >= 0.6 is 0 Å². The first kappa shape index (κ1) is 31.0. The van der Waals surface area contributed by atoms with E-state index in [0.717, 1.165) is 27.7 Å². The molecule has 1 saturated heterocycles. The molecule has 0 aliphatic carbocycles. The predicted octanol–water partition coefficient (Wildman–Crippen LogP) is 6.10.